The summed E-state index contributed by atoms with van der Waals surface area (Å²) in [6, 6.07) is 23.3. The predicted molar refractivity (Wildman–Crippen MR) is 139 cm³/mol. The number of fused-ring (bicyclic) bond motifs is 6. The maximum absolute atomic E-state index is 14.5. The molecule has 0 unspecified atom stereocenters. The van der Waals surface area contributed by atoms with Crippen molar-refractivity contribution >= 4 is 29.2 Å². The first-order valence-electron chi connectivity index (χ1n) is 12.4. The van der Waals surface area contributed by atoms with Crippen LogP contribution in [0.1, 0.15) is 53.9 Å². The molecule has 36 heavy (non-hydrogen) atoms. The van der Waals surface area contributed by atoms with E-state index in [1.54, 1.807) is 12.1 Å². The molecule has 0 radical (unpaired) electrons. The van der Waals surface area contributed by atoms with Crippen LogP contribution < -0.4 is 5.32 Å². The molecule has 4 atom stereocenters. The van der Waals surface area contributed by atoms with Crippen LogP contribution in [0.15, 0.2) is 85.1 Å². The molecule has 3 aromatic rings. The Hall–Kier alpha value is -3.99. The molecule has 1 spiro atoms. The van der Waals surface area contributed by atoms with E-state index in [-0.39, 0.29) is 17.5 Å². The molecule has 6 rings (SSSR count). The van der Waals surface area contributed by atoms with Gasteiger partial charge in [-0.05, 0) is 28.8 Å². The lowest BCUT2D eigenvalue weighted by Crippen LogP contribution is -2.50. The summed E-state index contributed by atoms with van der Waals surface area (Å²) in [7, 11) is 0. The Kier molecular flexibility index (Phi) is 4.84. The van der Waals surface area contributed by atoms with E-state index < -0.39 is 28.8 Å². The Labute approximate surface area is 210 Å². The minimum atomic E-state index is -1.27. The standard InChI is InChI=1S/C31H28N2O3/c1-30(2,3)28(35)25-24(26(34)20-12-5-4-6-13-20)31(22-15-9-10-16-23(22)32-29(31)36)27-21-14-8-7-11-19(21)17-18-33(25)27/h4-18,24-25,27H,1-3H3,(H,32,36)/t24-,25+,27+,31-/m0/s1. The van der Waals surface area contributed by atoms with Crippen LogP contribution in [0.25, 0.3) is 6.08 Å². The second kappa shape index (κ2) is 7.76. The number of Topliss-reactive ketones (excluding diaryl/α,β-unsaturated/α-hetero) is 2. The molecule has 1 saturated heterocycles. The fourth-order valence-electron chi connectivity index (χ4n) is 6.39. The van der Waals surface area contributed by atoms with Gasteiger partial charge in [-0.25, -0.2) is 0 Å². The summed E-state index contributed by atoms with van der Waals surface area (Å²) in [5.74, 6) is -1.39. The van der Waals surface area contributed by atoms with Crippen LogP contribution in [0.5, 0.6) is 0 Å². The minimum Gasteiger partial charge on any atom is -0.358 e. The normalized spacial score (nSPS) is 25.8. The first kappa shape index (κ1) is 22.5. The number of nitrogens with one attached hydrogen (secondary N) is 1. The van der Waals surface area contributed by atoms with Crippen molar-refractivity contribution in [1.29, 1.82) is 0 Å². The molecule has 0 aromatic heterocycles. The molecule has 1 N–H and O–H groups in total. The molecular weight excluding hydrogens is 448 g/mol. The number of carbonyl (C=O) groups excluding carboxylic acids is 3. The Bertz CT molecular complexity index is 1440. The predicted octanol–water partition coefficient (Wildman–Crippen LogP) is 5.40. The lowest BCUT2D eigenvalue weighted by Gasteiger charge is -2.38. The molecular formula is C31H28N2O3. The number of ketones is 2. The number of rotatable bonds is 3. The van der Waals surface area contributed by atoms with Crippen molar-refractivity contribution in [2.75, 3.05) is 5.32 Å². The zero-order chi connectivity index (χ0) is 25.2. The summed E-state index contributed by atoms with van der Waals surface area (Å²) in [5, 5.41) is 3.08. The average Bonchev–Trinajstić information content (AvgIpc) is 3.35. The third-order valence-corrected chi connectivity index (χ3v) is 7.92. The molecule has 3 aliphatic heterocycles. The molecule has 3 aromatic carbocycles. The van der Waals surface area contributed by atoms with E-state index in [0.717, 1.165) is 16.7 Å². The second-order valence-electron chi connectivity index (χ2n) is 10.9. The number of carbonyl (C=O) groups is 3. The van der Waals surface area contributed by atoms with Gasteiger partial charge in [0.2, 0.25) is 5.91 Å². The van der Waals surface area contributed by atoms with Gasteiger partial charge in [-0.3, -0.25) is 14.4 Å². The lowest BCUT2D eigenvalue weighted by molar-refractivity contribution is -0.131. The second-order valence-corrected chi connectivity index (χ2v) is 10.9. The highest BCUT2D eigenvalue weighted by Crippen LogP contribution is 2.62. The van der Waals surface area contributed by atoms with Gasteiger partial charge in [-0.15, -0.1) is 0 Å². The highest BCUT2D eigenvalue weighted by molar-refractivity contribution is 6.15. The van der Waals surface area contributed by atoms with Gasteiger partial charge in [0, 0.05) is 22.9 Å². The van der Waals surface area contributed by atoms with Gasteiger partial charge in [0.05, 0.1) is 18.0 Å². The summed E-state index contributed by atoms with van der Waals surface area (Å²) in [4.78, 5) is 44.9. The maximum atomic E-state index is 14.5. The first-order valence-corrected chi connectivity index (χ1v) is 12.4. The van der Waals surface area contributed by atoms with Crippen molar-refractivity contribution in [2.24, 2.45) is 11.3 Å². The van der Waals surface area contributed by atoms with E-state index in [1.807, 2.05) is 105 Å². The van der Waals surface area contributed by atoms with Crippen LogP contribution in [0, 0.1) is 11.3 Å². The van der Waals surface area contributed by atoms with Crippen LogP contribution in [-0.2, 0) is 15.0 Å². The van der Waals surface area contributed by atoms with Crippen molar-refractivity contribution in [1.82, 2.24) is 4.90 Å². The van der Waals surface area contributed by atoms with Crippen LogP contribution in [0.2, 0.25) is 0 Å². The number of anilines is 1. The fourth-order valence-corrected chi connectivity index (χ4v) is 6.39. The Morgan fingerprint density at radius 2 is 1.56 bits per heavy atom. The molecule has 180 valence electrons. The van der Waals surface area contributed by atoms with E-state index in [0.29, 0.717) is 11.3 Å². The molecule has 0 bridgehead atoms. The largest absolute Gasteiger partial charge is 0.358 e. The summed E-state index contributed by atoms with van der Waals surface area (Å²) in [6.45, 7) is 5.64. The first-order chi connectivity index (χ1) is 17.3. The van der Waals surface area contributed by atoms with Gasteiger partial charge >= 0.3 is 0 Å². The van der Waals surface area contributed by atoms with Gasteiger partial charge in [0.25, 0.3) is 0 Å². The third kappa shape index (κ3) is 2.92. The Morgan fingerprint density at radius 3 is 2.31 bits per heavy atom. The Balaban J connectivity index is 1.70. The van der Waals surface area contributed by atoms with E-state index in [1.165, 1.54) is 0 Å². The summed E-state index contributed by atoms with van der Waals surface area (Å²) >= 11 is 0. The van der Waals surface area contributed by atoms with Gasteiger partial charge in [0.1, 0.15) is 5.41 Å². The monoisotopic (exact) mass is 476 g/mol. The highest BCUT2D eigenvalue weighted by Gasteiger charge is 2.71. The van der Waals surface area contributed by atoms with Gasteiger partial charge in [-0.1, -0.05) is 93.6 Å². The molecule has 0 aliphatic carbocycles. The van der Waals surface area contributed by atoms with Crippen molar-refractivity contribution < 1.29 is 14.4 Å². The van der Waals surface area contributed by atoms with Crippen molar-refractivity contribution in [3.05, 3.63) is 107 Å². The highest BCUT2D eigenvalue weighted by atomic mass is 16.2. The number of hydrogen-bond donors (Lipinski definition) is 1. The molecule has 5 heteroatoms. The van der Waals surface area contributed by atoms with Crippen LogP contribution in [0.4, 0.5) is 5.69 Å². The smallest absolute Gasteiger partial charge is 0.238 e. The molecule has 0 saturated carbocycles. The SMILES string of the molecule is CC(C)(C)C(=O)[C@H]1[C@@H](C(=O)c2ccccc2)[C@]2(C(=O)Nc3ccccc32)[C@H]2c3ccccc3C=CN12. The van der Waals surface area contributed by atoms with Crippen molar-refractivity contribution in [3.8, 4) is 0 Å². The number of benzene rings is 3. The molecule has 5 nitrogen and oxygen atoms in total. The van der Waals surface area contributed by atoms with Crippen LogP contribution in [-0.4, -0.2) is 28.4 Å². The molecule has 1 fully saturated rings. The zero-order valence-corrected chi connectivity index (χ0v) is 20.6. The summed E-state index contributed by atoms with van der Waals surface area (Å²) in [5.41, 5.74) is 1.93. The lowest BCUT2D eigenvalue weighted by atomic mass is 9.62. The number of hydrogen-bond acceptors (Lipinski definition) is 4. The summed E-state index contributed by atoms with van der Waals surface area (Å²) < 4.78 is 0. The molecule has 3 aliphatic rings. The third-order valence-electron chi connectivity index (χ3n) is 7.92. The molecule has 1 amide bonds. The van der Waals surface area contributed by atoms with E-state index in [4.69, 9.17) is 0 Å². The Morgan fingerprint density at radius 1 is 0.889 bits per heavy atom. The van der Waals surface area contributed by atoms with Gasteiger partial charge in [-0.2, -0.15) is 0 Å². The summed E-state index contributed by atoms with van der Waals surface area (Å²) in [6.07, 6.45) is 3.89. The van der Waals surface area contributed by atoms with Crippen LogP contribution in [0.3, 0.4) is 0 Å². The fraction of sp³-hybridized carbons (Fsp3) is 0.258. The van der Waals surface area contributed by atoms with E-state index >= 15 is 0 Å². The van der Waals surface area contributed by atoms with Crippen molar-refractivity contribution in [2.45, 2.75) is 38.3 Å². The minimum absolute atomic E-state index is 0.0557. The number of para-hydroxylation sites is 1. The number of nitrogens with zero attached hydrogens (tertiary/aromatic N) is 1. The van der Waals surface area contributed by atoms with E-state index in [2.05, 4.69) is 5.32 Å². The zero-order valence-electron chi connectivity index (χ0n) is 20.6. The van der Waals surface area contributed by atoms with Gasteiger partial charge < -0.3 is 10.2 Å². The number of amides is 1. The van der Waals surface area contributed by atoms with Crippen LogP contribution >= 0.6 is 0 Å². The quantitative estimate of drug-likeness (QED) is 0.514. The topological polar surface area (TPSA) is 66.5 Å². The average molecular weight is 477 g/mol. The van der Waals surface area contributed by atoms with Gasteiger partial charge in [0.15, 0.2) is 11.6 Å². The maximum Gasteiger partial charge on any atom is 0.238 e. The van der Waals surface area contributed by atoms with Crippen molar-refractivity contribution in [3.63, 3.8) is 0 Å². The van der Waals surface area contributed by atoms with E-state index in [9.17, 15) is 14.4 Å². The molecule has 3 heterocycles.